The molecule has 2 rings (SSSR count). The molecule has 24 heavy (non-hydrogen) atoms. The van der Waals surface area contributed by atoms with Gasteiger partial charge in [-0.15, -0.1) is 0 Å². The van der Waals surface area contributed by atoms with E-state index in [4.69, 9.17) is 16.9 Å². The molecule has 0 heterocycles. The Morgan fingerprint density at radius 3 is 2.79 bits per heavy atom. The molecule has 0 spiro atoms. The summed E-state index contributed by atoms with van der Waals surface area (Å²) in [6.45, 7) is 2.15. The monoisotopic (exact) mass is 343 g/mol. The van der Waals surface area contributed by atoms with Crippen molar-refractivity contribution >= 4 is 23.2 Å². The van der Waals surface area contributed by atoms with E-state index >= 15 is 0 Å². The van der Waals surface area contributed by atoms with Crippen LogP contribution in [0.25, 0.3) is 0 Å². The molecule has 1 amide bonds. The SMILES string of the molecule is Cc1ccc(NC(=O)/C(C#N)=C\NCc2cccc(F)c2)cc1Cl. The molecule has 122 valence electrons. The molecular weight excluding hydrogens is 329 g/mol. The minimum Gasteiger partial charge on any atom is -0.386 e. The smallest absolute Gasteiger partial charge is 0.267 e. The van der Waals surface area contributed by atoms with E-state index in [1.807, 2.05) is 13.0 Å². The van der Waals surface area contributed by atoms with E-state index in [2.05, 4.69) is 10.6 Å². The normalized spacial score (nSPS) is 10.8. The quantitative estimate of drug-likeness (QED) is 0.638. The third-order valence-electron chi connectivity index (χ3n) is 3.24. The highest BCUT2D eigenvalue weighted by molar-refractivity contribution is 6.31. The summed E-state index contributed by atoms with van der Waals surface area (Å²) < 4.78 is 13.1. The molecule has 0 radical (unpaired) electrons. The fraction of sp³-hybridized carbons (Fsp3) is 0.111. The molecule has 0 aliphatic rings. The van der Waals surface area contributed by atoms with Crippen molar-refractivity contribution < 1.29 is 9.18 Å². The maximum absolute atomic E-state index is 13.1. The lowest BCUT2D eigenvalue weighted by Gasteiger charge is -2.07. The molecule has 2 aromatic rings. The van der Waals surface area contributed by atoms with Crippen LogP contribution in [0.1, 0.15) is 11.1 Å². The van der Waals surface area contributed by atoms with Crippen LogP contribution in [-0.4, -0.2) is 5.91 Å². The van der Waals surface area contributed by atoms with Gasteiger partial charge in [0.05, 0.1) is 0 Å². The van der Waals surface area contributed by atoms with E-state index in [1.165, 1.54) is 18.3 Å². The molecule has 2 N–H and O–H groups in total. The maximum Gasteiger partial charge on any atom is 0.267 e. The Bertz CT molecular complexity index is 827. The van der Waals surface area contributed by atoms with Crippen molar-refractivity contribution in [2.45, 2.75) is 13.5 Å². The molecule has 4 nitrogen and oxygen atoms in total. The summed E-state index contributed by atoms with van der Waals surface area (Å²) in [6, 6.07) is 13.0. The molecule has 0 aromatic heterocycles. The third-order valence-corrected chi connectivity index (χ3v) is 3.64. The van der Waals surface area contributed by atoms with Gasteiger partial charge in [-0.3, -0.25) is 4.79 Å². The lowest BCUT2D eigenvalue weighted by atomic mass is 10.2. The molecule has 0 saturated heterocycles. The first-order valence-corrected chi connectivity index (χ1v) is 7.53. The van der Waals surface area contributed by atoms with E-state index in [9.17, 15) is 9.18 Å². The number of nitrogens with zero attached hydrogens (tertiary/aromatic N) is 1. The van der Waals surface area contributed by atoms with Gasteiger partial charge < -0.3 is 10.6 Å². The largest absolute Gasteiger partial charge is 0.386 e. The van der Waals surface area contributed by atoms with E-state index in [0.717, 1.165) is 5.56 Å². The van der Waals surface area contributed by atoms with Gasteiger partial charge in [0.25, 0.3) is 5.91 Å². The highest BCUT2D eigenvalue weighted by Gasteiger charge is 2.09. The number of benzene rings is 2. The number of rotatable bonds is 5. The van der Waals surface area contributed by atoms with E-state index in [-0.39, 0.29) is 11.4 Å². The van der Waals surface area contributed by atoms with Gasteiger partial charge in [0.1, 0.15) is 17.5 Å². The van der Waals surface area contributed by atoms with Gasteiger partial charge in [-0.05, 0) is 42.3 Å². The first-order valence-electron chi connectivity index (χ1n) is 7.15. The number of nitriles is 1. The summed E-state index contributed by atoms with van der Waals surface area (Å²) >= 11 is 6.00. The van der Waals surface area contributed by atoms with Crippen LogP contribution in [0.3, 0.4) is 0 Å². The summed E-state index contributed by atoms with van der Waals surface area (Å²) in [4.78, 5) is 12.1. The summed E-state index contributed by atoms with van der Waals surface area (Å²) in [7, 11) is 0. The third kappa shape index (κ3) is 4.83. The molecular formula is C18H15ClFN3O. The van der Waals surface area contributed by atoms with Crippen LogP contribution in [-0.2, 0) is 11.3 Å². The van der Waals surface area contributed by atoms with Gasteiger partial charge in [-0.1, -0.05) is 29.8 Å². The Balaban J connectivity index is 2.00. The van der Waals surface area contributed by atoms with Crippen LogP contribution in [0.2, 0.25) is 5.02 Å². The second-order valence-electron chi connectivity index (χ2n) is 5.10. The van der Waals surface area contributed by atoms with Crippen LogP contribution in [0.5, 0.6) is 0 Å². The highest BCUT2D eigenvalue weighted by atomic mass is 35.5. The van der Waals surface area contributed by atoms with Crippen molar-refractivity contribution in [3.05, 3.63) is 76.2 Å². The molecule has 0 bridgehead atoms. The Kier molecular flexibility index (Phi) is 5.94. The number of hydrogen-bond donors (Lipinski definition) is 2. The minimum atomic E-state index is -0.552. The zero-order chi connectivity index (χ0) is 17.5. The zero-order valence-corrected chi connectivity index (χ0v) is 13.7. The van der Waals surface area contributed by atoms with E-state index in [1.54, 1.807) is 30.3 Å². The summed E-state index contributed by atoms with van der Waals surface area (Å²) in [5.41, 5.74) is 2.00. The van der Waals surface area contributed by atoms with Gasteiger partial charge >= 0.3 is 0 Å². The molecule has 6 heteroatoms. The van der Waals surface area contributed by atoms with Gasteiger partial charge in [-0.2, -0.15) is 5.26 Å². The number of aryl methyl sites for hydroxylation is 1. The van der Waals surface area contributed by atoms with Crippen molar-refractivity contribution in [1.82, 2.24) is 5.32 Å². The van der Waals surface area contributed by atoms with Crippen LogP contribution in [0, 0.1) is 24.1 Å². The zero-order valence-electron chi connectivity index (χ0n) is 12.9. The second kappa shape index (κ2) is 8.14. The van der Waals surface area contributed by atoms with Crippen LogP contribution in [0.4, 0.5) is 10.1 Å². The highest BCUT2D eigenvalue weighted by Crippen LogP contribution is 2.20. The predicted molar refractivity (Wildman–Crippen MR) is 91.8 cm³/mol. The Morgan fingerprint density at radius 1 is 1.33 bits per heavy atom. The fourth-order valence-corrected chi connectivity index (χ4v) is 2.12. The molecule has 0 atom stereocenters. The van der Waals surface area contributed by atoms with Crippen LogP contribution < -0.4 is 10.6 Å². The topological polar surface area (TPSA) is 64.9 Å². The summed E-state index contributed by atoms with van der Waals surface area (Å²) in [5, 5.41) is 15.1. The van der Waals surface area contributed by atoms with Crippen molar-refractivity contribution in [2.75, 3.05) is 5.32 Å². The number of carbonyl (C=O) groups excluding carboxylic acids is 1. The van der Waals surface area contributed by atoms with Gasteiger partial charge in [0, 0.05) is 23.5 Å². The number of nitrogens with one attached hydrogen (secondary N) is 2. The van der Waals surface area contributed by atoms with E-state index in [0.29, 0.717) is 22.8 Å². The van der Waals surface area contributed by atoms with Crippen molar-refractivity contribution in [3.8, 4) is 6.07 Å². The van der Waals surface area contributed by atoms with Gasteiger partial charge in [0.15, 0.2) is 0 Å². The van der Waals surface area contributed by atoms with Crippen molar-refractivity contribution in [3.63, 3.8) is 0 Å². The maximum atomic E-state index is 13.1. The van der Waals surface area contributed by atoms with Gasteiger partial charge in [0.2, 0.25) is 0 Å². The Morgan fingerprint density at radius 2 is 2.12 bits per heavy atom. The number of carbonyl (C=O) groups is 1. The average Bonchev–Trinajstić information content (AvgIpc) is 2.55. The molecule has 0 aliphatic heterocycles. The first kappa shape index (κ1) is 17.5. The summed E-state index contributed by atoms with van der Waals surface area (Å²) in [6.07, 6.45) is 1.30. The lowest BCUT2D eigenvalue weighted by molar-refractivity contribution is -0.112. The van der Waals surface area contributed by atoms with Crippen molar-refractivity contribution in [1.29, 1.82) is 5.26 Å². The second-order valence-corrected chi connectivity index (χ2v) is 5.51. The fourth-order valence-electron chi connectivity index (χ4n) is 1.94. The molecule has 0 fully saturated rings. The molecule has 0 aliphatic carbocycles. The van der Waals surface area contributed by atoms with Gasteiger partial charge in [-0.25, -0.2) is 4.39 Å². The number of amides is 1. The van der Waals surface area contributed by atoms with Crippen LogP contribution >= 0.6 is 11.6 Å². The number of hydrogen-bond acceptors (Lipinski definition) is 3. The Labute approximate surface area is 144 Å². The molecule has 0 unspecified atom stereocenters. The van der Waals surface area contributed by atoms with E-state index < -0.39 is 5.91 Å². The predicted octanol–water partition coefficient (Wildman–Crippen LogP) is 3.92. The van der Waals surface area contributed by atoms with Crippen LogP contribution in [0.15, 0.2) is 54.2 Å². The minimum absolute atomic E-state index is 0.0944. The number of anilines is 1. The summed E-state index contributed by atoms with van der Waals surface area (Å²) in [5.74, 6) is -0.892. The standard InChI is InChI=1S/C18H15ClFN3O/c1-12-5-6-16(8-17(12)19)23-18(24)14(9-21)11-22-10-13-3-2-4-15(20)7-13/h2-8,11,22H,10H2,1H3,(H,23,24)/b14-11-. The molecule has 0 saturated carbocycles. The number of halogens is 2. The average molecular weight is 344 g/mol. The Hall–Kier alpha value is -2.84. The molecule has 2 aromatic carbocycles. The van der Waals surface area contributed by atoms with Crippen molar-refractivity contribution in [2.24, 2.45) is 0 Å². The lowest BCUT2D eigenvalue weighted by Crippen LogP contribution is -2.16. The first-order chi connectivity index (χ1) is 11.5.